The number of hydrogen-bond donors (Lipinski definition) is 2. The SMILES string of the molecule is CC/C=C(\N)c1ccc(NC(C=O)CCN(C)c2cccc3cccnc23)cc1. The van der Waals surface area contributed by atoms with Gasteiger partial charge >= 0.3 is 0 Å². The van der Waals surface area contributed by atoms with Gasteiger partial charge in [0.05, 0.1) is 17.2 Å². The number of carbonyl (C=O) groups excluding carboxylic acids is 1. The number of nitrogens with two attached hydrogens (primary N) is 1. The van der Waals surface area contributed by atoms with Crippen molar-refractivity contribution in [2.45, 2.75) is 25.8 Å². The number of fused-ring (bicyclic) bond motifs is 1. The van der Waals surface area contributed by atoms with E-state index in [-0.39, 0.29) is 6.04 Å². The van der Waals surface area contributed by atoms with Crippen molar-refractivity contribution in [3.8, 4) is 0 Å². The monoisotopic (exact) mass is 388 g/mol. The summed E-state index contributed by atoms with van der Waals surface area (Å²) in [6, 6.07) is 17.7. The van der Waals surface area contributed by atoms with Crippen LogP contribution < -0.4 is 16.0 Å². The van der Waals surface area contributed by atoms with Gasteiger partial charge in [-0.05, 0) is 42.7 Å². The topological polar surface area (TPSA) is 71.2 Å². The molecule has 0 bridgehead atoms. The third-order valence-corrected chi connectivity index (χ3v) is 4.96. The molecule has 5 nitrogen and oxygen atoms in total. The van der Waals surface area contributed by atoms with E-state index in [0.29, 0.717) is 6.42 Å². The van der Waals surface area contributed by atoms with E-state index in [4.69, 9.17) is 5.73 Å². The van der Waals surface area contributed by atoms with Crippen molar-refractivity contribution in [3.05, 3.63) is 72.4 Å². The summed E-state index contributed by atoms with van der Waals surface area (Å²) in [7, 11) is 2.03. The smallest absolute Gasteiger partial charge is 0.142 e. The van der Waals surface area contributed by atoms with Gasteiger partial charge in [-0.15, -0.1) is 0 Å². The molecular weight excluding hydrogens is 360 g/mol. The molecule has 3 rings (SSSR count). The van der Waals surface area contributed by atoms with E-state index in [0.717, 1.165) is 52.8 Å². The maximum Gasteiger partial charge on any atom is 0.142 e. The average molecular weight is 389 g/mol. The molecule has 0 spiro atoms. The second kappa shape index (κ2) is 9.73. The second-order valence-electron chi connectivity index (χ2n) is 7.09. The molecule has 0 fully saturated rings. The highest BCUT2D eigenvalue weighted by atomic mass is 16.1. The van der Waals surface area contributed by atoms with Crippen LogP contribution in [0.5, 0.6) is 0 Å². The van der Waals surface area contributed by atoms with Crippen LogP contribution in [0.1, 0.15) is 25.3 Å². The molecule has 0 aliphatic rings. The Kier molecular flexibility index (Phi) is 6.85. The Labute approximate surface area is 172 Å². The zero-order valence-corrected chi connectivity index (χ0v) is 17.0. The van der Waals surface area contributed by atoms with Gasteiger partial charge in [0, 0.05) is 36.6 Å². The van der Waals surface area contributed by atoms with Crippen molar-refractivity contribution in [1.29, 1.82) is 0 Å². The van der Waals surface area contributed by atoms with Gasteiger partial charge in [0.15, 0.2) is 0 Å². The van der Waals surface area contributed by atoms with Gasteiger partial charge in [0.2, 0.25) is 0 Å². The first-order valence-electron chi connectivity index (χ1n) is 9.95. The molecular formula is C24H28N4O. The predicted octanol–water partition coefficient (Wildman–Crippen LogP) is 4.45. The number of aromatic nitrogens is 1. The van der Waals surface area contributed by atoms with E-state index in [9.17, 15) is 4.79 Å². The first-order chi connectivity index (χ1) is 14.1. The van der Waals surface area contributed by atoms with Gasteiger partial charge < -0.3 is 20.7 Å². The summed E-state index contributed by atoms with van der Waals surface area (Å²) in [6.45, 7) is 2.79. The van der Waals surface area contributed by atoms with Gasteiger partial charge in [0.25, 0.3) is 0 Å². The number of nitrogens with zero attached hydrogens (tertiary/aromatic N) is 2. The molecule has 0 saturated heterocycles. The van der Waals surface area contributed by atoms with E-state index in [2.05, 4.69) is 40.3 Å². The Morgan fingerprint density at radius 1 is 1.17 bits per heavy atom. The molecule has 1 heterocycles. The standard InChI is InChI=1S/C24H28N4O/c1-3-6-22(25)18-10-12-20(13-11-18)27-21(17-29)14-16-28(2)23-9-4-7-19-8-5-15-26-24(19)23/h4-13,15,17,21,27H,3,14,16,25H2,1-2H3/b22-6-. The molecule has 3 N–H and O–H groups in total. The number of para-hydroxylation sites is 1. The molecule has 3 aromatic rings. The van der Waals surface area contributed by atoms with Crippen LogP contribution in [0.25, 0.3) is 16.6 Å². The Bertz CT molecular complexity index is 976. The van der Waals surface area contributed by atoms with Crippen LogP contribution in [0, 0.1) is 0 Å². The number of carbonyl (C=O) groups is 1. The van der Waals surface area contributed by atoms with Gasteiger partial charge in [-0.25, -0.2) is 0 Å². The first kappa shape index (κ1) is 20.4. The molecule has 1 atom stereocenters. The molecule has 0 aliphatic heterocycles. The van der Waals surface area contributed by atoms with Crippen molar-refractivity contribution in [3.63, 3.8) is 0 Å². The highest BCUT2D eigenvalue weighted by Crippen LogP contribution is 2.24. The minimum atomic E-state index is -0.269. The molecule has 0 amide bonds. The fourth-order valence-corrected chi connectivity index (χ4v) is 3.33. The fourth-order valence-electron chi connectivity index (χ4n) is 3.33. The summed E-state index contributed by atoms with van der Waals surface area (Å²) in [5, 5.41) is 4.41. The fraction of sp³-hybridized carbons (Fsp3) is 0.250. The van der Waals surface area contributed by atoms with E-state index in [1.54, 1.807) is 0 Å². The third kappa shape index (κ3) is 5.13. The quantitative estimate of drug-likeness (QED) is 0.530. The molecule has 0 aliphatic carbocycles. The van der Waals surface area contributed by atoms with Crippen LogP contribution in [0.4, 0.5) is 11.4 Å². The van der Waals surface area contributed by atoms with Crippen LogP contribution >= 0.6 is 0 Å². The lowest BCUT2D eigenvalue weighted by Gasteiger charge is -2.23. The van der Waals surface area contributed by atoms with E-state index < -0.39 is 0 Å². The van der Waals surface area contributed by atoms with Crippen molar-refractivity contribution in [2.75, 3.05) is 23.8 Å². The lowest BCUT2D eigenvalue weighted by Crippen LogP contribution is -2.28. The summed E-state index contributed by atoms with van der Waals surface area (Å²) in [5.41, 5.74) is 10.7. The molecule has 29 heavy (non-hydrogen) atoms. The van der Waals surface area contributed by atoms with Crippen LogP contribution in [0.3, 0.4) is 0 Å². The maximum atomic E-state index is 11.6. The molecule has 1 unspecified atom stereocenters. The van der Waals surface area contributed by atoms with Crippen molar-refractivity contribution in [2.24, 2.45) is 5.73 Å². The average Bonchev–Trinajstić information content (AvgIpc) is 2.76. The zero-order chi connectivity index (χ0) is 20.6. The normalized spacial score (nSPS) is 12.6. The molecule has 0 radical (unpaired) electrons. The van der Waals surface area contributed by atoms with Gasteiger partial charge in [0.1, 0.15) is 6.29 Å². The maximum absolute atomic E-state index is 11.6. The minimum Gasteiger partial charge on any atom is -0.399 e. The Hall–Kier alpha value is -3.34. The summed E-state index contributed by atoms with van der Waals surface area (Å²) < 4.78 is 0. The predicted molar refractivity (Wildman–Crippen MR) is 122 cm³/mol. The summed E-state index contributed by atoms with van der Waals surface area (Å²) in [4.78, 5) is 18.3. The Morgan fingerprint density at radius 3 is 2.66 bits per heavy atom. The molecule has 150 valence electrons. The Balaban J connectivity index is 1.63. The van der Waals surface area contributed by atoms with Gasteiger partial charge in [-0.2, -0.15) is 0 Å². The molecule has 2 aromatic carbocycles. The number of nitrogens with one attached hydrogen (secondary N) is 1. The second-order valence-corrected chi connectivity index (χ2v) is 7.09. The van der Waals surface area contributed by atoms with Crippen molar-refractivity contribution >= 4 is 34.3 Å². The molecule has 1 aromatic heterocycles. The summed E-state index contributed by atoms with van der Waals surface area (Å²) in [6.07, 6.45) is 6.35. The zero-order valence-electron chi connectivity index (χ0n) is 17.0. The highest BCUT2D eigenvalue weighted by molar-refractivity contribution is 5.90. The number of hydrogen-bond acceptors (Lipinski definition) is 5. The Morgan fingerprint density at radius 2 is 1.93 bits per heavy atom. The van der Waals surface area contributed by atoms with Gasteiger partial charge in [-0.3, -0.25) is 4.98 Å². The summed E-state index contributed by atoms with van der Waals surface area (Å²) in [5.74, 6) is 0. The minimum absolute atomic E-state index is 0.269. The number of aldehydes is 1. The molecule has 5 heteroatoms. The number of anilines is 2. The van der Waals surface area contributed by atoms with Crippen LogP contribution in [-0.4, -0.2) is 30.9 Å². The van der Waals surface area contributed by atoms with Crippen LogP contribution in [0.2, 0.25) is 0 Å². The van der Waals surface area contributed by atoms with Crippen LogP contribution in [-0.2, 0) is 4.79 Å². The number of benzene rings is 2. The van der Waals surface area contributed by atoms with Gasteiger partial charge in [-0.1, -0.05) is 43.3 Å². The first-order valence-corrected chi connectivity index (χ1v) is 9.95. The number of pyridine rings is 1. The summed E-state index contributed by atoms with van der Waals surface area (Å²) >= 11 is 0. The van der Waals surface area contributed by atoms with E-state index >= 15 is 0 Å². The number of rotatable bonds is 9. The largest absolute Gasteiger partial charge is 0.399 e. The lowest BCUT2D eigenvalue weighted by molar-refractivity contribution is -0.108. The van der Waals surface area contributed by atoms with Crippen LogP contribution in [0.15, 0.2) is 66.9 Å². The van der Waals surface area contributed by atoms with E-state index in [1.807, 2.05) is 55.7 Å². The third-order valence-electron chi connectivity index (χ3n) is 4.96. The molecule has 0 saturated carbocycles. The highest BCUT2D eigenvalue weighted by Gasteiger charge is 2.12. The van der Waals surface area contributed by atoms with Crippen molar-refractivity contribution in [1.82, 2.24) is 4.98 Å². The van der Waals surface area contributed by atoms with Crippen molar-refractivity contribution < 1.29 is 4.79 Å². The lowest BCUT2D eigenvalue weighted by atomic mass is 10.1. The van der Waals surface area contributed by atoms with E-state index in [1.165, 1.54) is 0 Å². The number of allylic oxidation sites excluding steroid dienone is 1.